The van der Waals surface area contributed by atoms with Crippen molar-refractivity contribution >= 4 is 11.9 Å². The van der Waals surface area contributed by atoms with E-state index in [1.165, 1.54) is 0 Å². The van der Waals surface area contributed by atoms with Crippen LogP contribution >= 0.6 is 0 Å². The summed E-state index contributed by atoms with van der Waals surface area (Å²) in [5.74, 6) is -0.235. The number of nitriles is 1. The van der Waals surface area contributed by atoms with Gasteiger partial charge < -0.3 is 14.8 Å². The van der Waals surface area contributed by atoms with Gasteiger partial charge in [-0.15, -0.1) is 0 Å². The van der Waals surface area contributed by atoms with Gasteiger partial charge in [0, 0.05) is 5.56 Å². The summed E-state index contributed by atoms with van der Waals surface area (Å²) in [6, 6.07) is 15.8. The van der Waals surface area contributed by atoms with Gasteiger partial charge in [-0.2, -0.15) is 5.26 Å². The Hall–Kier alpha value is -3.33. The predicted octanol–water partition coefficient (Wildman–Crippen LogP) is 3.21. The largest absolute Gasteiger partial charge is 0.489 e. The summed E-state index contributed by atoms with van der Waals surface area (Å²) in [5, 5.41) is 11.3. The Morgan fingerprint density at radius 3 is 2.22 bits per heavy atom. The van der Waals surface area contributed by atoms with Crippen LogP contribution in [0.4, 0.5) is 0 Å². The van der Waals surface area contributed by atoms with Crippen molar-refractivity contribution in [1.29, 1.82) is 5.26 Å². The molecule has 2 aromatic rings. The number of esters is 1. The van der Waals surface area contributed by atoms with E-state index in [1.807, 2.05) is 12.1 Å². The van der Waals surface area contributed by atoms with Crippen molar-refractivity contribution in [3.63, 3.8) is 0 Å². The molecule has 0 aliphatic carbocycles. The summed E-state index contributed by atoms with van der Waals surface area (Å²) in [7, 11) is 0. The van der Waals surface area contributed by atoms with Crippen molar-refractivity contribution < 1.29 is 19.1 Å². The van der Waals surface area contributed by atoms with Crippen LogP contribution in [0, 0.1) is 11.3 Å². The molecule has 0 aliphatic rings. The highest BCUT2D eigenvalue weighted by Crippen LogP contribution is 2.15. The van der Waals surface area contributed by atoms with Gasteiger partial charge in [-0.05, 0) is 62.7 Å². The molecule has 140 valence electrons. The molecule has 0 spiro atoms. The standard InChI is InChI=1S/C21H22N2O4/c1-21(2,3)27-19(24)13-23-20(25)17-8-10-18(11-9-17)26-14-16-6-4-15(12-22)5-7-16/h4-11H,13-14H2,1-3H3,(H,23,25). The molecule has 0 bridgehead atoms. The van der Waals surface area contributed by atoms with Crippen molar-refractivity contribution in [3.05, 3.63) is 65.2 Å². The molecule has 0 heterocycles. The molecule has 2 rings (SSSR count). The maximum atomic E-state index is 12.1. The number of hydrogen-bond acceptors (Lipinski definition) is 5. The number of rotatable bonds is 6. The van der Waals surface area contributed by atoms with Crippen LogP contribution in [0.5, 0.6) is 5.75 Å². The summed E-state index contributed by atoms with van der Waals surface area (Å²) in [6.07, 6.45) is 0. The van der Waals surface area contributed by atoms with Gasteiger partial charge in [0.05, 0.1) is 11.6 Å². The topological polar surface area (TPSA) is 88.4 Å². The zero-order valence-electron chi connectivity index (χ0n) is 15.6. The molecule has 27 heavy (non-hydrogen) atoms. The fourth-order valence-electron chi connectivity index (χ4n) is 2.18. The highest BCUT2D eigenvalue weighted by molar-refractivity contribution is 5.96. The second kappa shape index (κ2) is 8.86. The van der Waals surface area contributed by atoms with E-state index in [1.54, 1.807) is 57.2 Å². The first kappa shape index (κ1) is 20.0. The molecule has 1 amide bonds. The van der Waals surface area contributed by atoms with Crippen LogP contribution in [-0.4, -0.2) is 24.0 Å². The van der Waals surface area contributed by atoms with E-state index in [9.17, 15) is 9.59 Å². The molecule has 0 aromatic heterocycles. The summed E-state index contributed by atoms with van der Waals surface area (Å²) in [4.78, 5) is 23.7. The predicted molar refractivity (Wildman–Crippen MR) is 100 cm³/mol. The molecular weight excluding hydrogens is 344 g/mol. The average molecular weight is 366 g/mol. The quantitative estimate of drug-likeness (QED) is 0.793. The first-order chi connectivity index (χ1) is 12.8. The van der Waals surface area contributed by atoms with Gasteiger partial charge in [-0.25, -0.2) is 0 Å². The van der Waals surface area contributed by atoms with Crippen LogP contribution < -0.4 is 10.1 Å². The van der Waals surface area contributed by atoms with Gasteiger partial charge in [0.25, 0.3) is 5.91 Å². The SMILES string of the molecule is CC(C)(C)OC(=O)CNC(=O)c1ccc(OCc2ccc(C#N)cc2)cc1. The zero-order valence-corrected chi connectivity index (χ0v) is 15.6. The van der Waals surface area contributed by atoms with Crippen LogP contribution in [-0.2, 0) is 16.1 Å². The Bertz CT molecular complexity index is 828. The summed E-state index contributed by atoms with van der Waals surface area (Å²) in [6.45, 7) is 5.47. The molecule has 0 saturated heterocycles. The number of hydrogen-bond donors (Lipinski definition) is 1. The molecule has 0 saturated carbocycles. The number of carbonyl (C=O) groups is 2. The second-order valence-corrected chi connectivity index (χ2v) is 6.89. The maximum Gasteiger partial charge on any atom is 0.325 e. The monoisotopic (exact) mass is 366 g/mol. The van der Waals surface area contributed by atoms with Crippen LogP contribution in [0.3, 0.4) is 0 Å². The van der Waals surface area contributed by atoms with Crippen molar-refractivity contribution in [3.8, 4) is 11.8 Å². The third-order valence-electron chi connectivity index (χ3n) is 3.42. The maximum absolute atomic E-state index is 12.1. The van der Waals surface area contributed by atoms with E-state index in [0.717, 1.165) is 5.56 Å². The summed E-state index contributed by atoms with van der Waals surface area (Å²) in [5.41, 5.74) is 1.37. The molecular formula is C21H22N2O4. The number of nitrogens with zero attached hydrogens (tertiary/aromatic N) is 1. The molecule has 0 aliphatic heterocycles. The smallest absolute Gasteiger partial charge is 0.325 e. The highest BCUT2D eigenvalue weighted by Gasteiger charge is 2.17. The van der Waals surface area contributed by atoms with Crippen molar-refractivity contribution in [2.75, 3.05) is 6.54 Å². The van der Waals surface area contributed by atoms with Gasteiger partial charge >= 0.3 is 5.97 Å². The summed E-state index contributed by atoms with van der Waals surface area (Å²) >= 11 is 0. The van der Waals surface area contributed by atoms with Crippen LogP contribution in [0.2, 0.25) is 0 Å². The Balaban J connectivity index is 1.84. The van der Waals surface area contributed by atoms with E-state index >= 15 is 0 Å². The van der Waals surface area contributed by atoms with E-state index in [-0.39, 0.29) is 12.5 Å². The van der Waals surface area contributed by atoms with Gasteiger partial charge in [0.1, 0.15) is 24.5 Å². The van der Waals surface area contributed by atoms with Crippen molar-refractivity contribution in [1.82, 2.24) is 5.32 Å². The molecule has 6 nitrogen and oxygen atoms in total. The van der Waals surface area contributed by atoms with Gasteiger partial charge in [-0.1, -0.05) is 12.1 Å². The fraction of sp³-hybridized carbons (Fsp3) is 0.286. The van der Waals surface area contributed by atoms with E-state index in [4.69, 9.17) is 14.7 Å². The third kappa shape index (κ3) is 6.83. The third-order valence-corrected chi connectivity index (χ3v) is 3.42. The molecule has 0 fully saturated rings. The van der Waals surface area contributed by atoms with Crippen LogP contribution in [0.1, 0.15) is 42.3 Å². The molecule has 2 aromatic carbocycles. The van der Waals surface area contributed by atoms with Crippen molar-refractivity contribution in [2.45, 2.75) is 33.0 Å². The van der Waals surface area contributed by atoms with Crippen molar-refractivity contribution in [2.24, 2.45) is 0 Å². The van der Waals surface area contributed by atoms with E-state index < -0.39 is 11.6 Å². The second-order valence-electron chi connectivity index (χ2n) is 6.89. The molecule has 0 unspecified atom stereocenters. The number of carbonyl (C=O) groups excluding carboxylic acids is 2. The molecule has 0 radical (unpaired) electrons. The highest BCUT2D eigenvalue weighted by atomic mass is 16.6. The number of nitrogens with one attached hydrogen (secondary N) is 1. The Kier molecular flexibility index (Phi) is 6.56. The average Bonchev–Trinajstić information content (AvgIpc) is 2.64. The lowest BCUT2D eigenvalue weighted by atomic mass is 10.1. The van der Waals surface area contributed by atoms with Gasteiger partial charge in [-0.3, -0.25) is 9.59 Å². The zero-order chi connectivity index (χ0) is 19.9. The lowest BCUT2D eigenvalue weighted by molar-refractivity contribution is -0.153. The minimum absolute atomic E-state index is 0.187. The molecule has 1 N–H and O–H groups in total. The number of ether oxygens (including phenoxy) is 2. The molecule has 6 heteroatoms. The normalized spacial score (nSPS) is 10.6. The van der Waals surface area contributed by atoms with Crippen LogP contribution in [0.25, 0.3) is 0 Å². The lowest BCUT2D eigenvalue weighted by Gasteiger charge is -2.19. The minimum atomic E-state index is -0.588. The number of benzene rings is 2. The molecule has 0 atom stereocenters. The Labute approximate surface area is 158 Å². The Morgan fingerprint density at radius 1 is 1.04 bits per heavy atom. The first-order valence-corrected chi connectivity index (χ1v) is 8.49. The van der Waals surface area contributed by atoms with E-state index in [0.29, 0.717) is 23.5 Å². The van der Waals surface area contributed by atoms with Gasteiger partial charge in [0.2, 0.25) is 0 Å². The minimum Gasteiger partial charge on any atom is -0.489 e. The van der Waals surface area contributed by atoms with Gasteiger partial charge in [0.15, 0.2) is 0 Å². The Morgan fingerprint density at radius 2 is 1.67 bits per heavy atom. The summed E-state index contributed by atoms with van der Waals surface area (Å²) < 4.78 is 10.8. The number of amides is 1. The first-order valence-electron chi connectivity index (χ1n) is 8.49. The van der Waals surface area contributed by atoms with E-state index in [2.05, 4.69) is 11.4 Å². The fourth-order valence-corrected chi connectivity index (χ4v) is 2.18. The lowest BCUT2D eigenvalue weighted by Crippen LogP contribution is -2.34. The van der Waals surface area contributed by atoms with Crippen LogP contribution in [0.15, 0.2) is 48.5 Å².